The first-order valence-corrected chi connectivity index (χ1v) is 8.14. The van der Waals surface area contributed by atoms with E-state index in [2.05, 4.69) is 18.7 Å². The number of likely N-dealkylation sites (tertiary alicyclic amines) is 1. The Balaban J connectivity index is 0. The number of nitrogens with zero attached hydrogens (tertiary/aromatic N) is 2. The topological polar surface area (TPSA) is 49.6 Å². The summed E-state index contributed by atoms with van der Waals surface area (Å²) in [6, 6.07) is 0. The van der Waals surface area contributed by atoms with Crippen LogP contribution in [0.25, 0.3) is 0 Å². The van der Waals surface area contributed by atoms with Crippen LogP contribution in [0.15, 0.2) is 0 Å². The molecule has 4 nitrogen and oxygen atoms in total. The molecule has 1 fully saturated rings. The highest BCUT2D eigenvalue weighted by molar-refractivity contribution is 7.99. The molecule has 0 spiro atoms. The molecule has 20 heavy (non-hydrogen) atoms. The monoisotopic (exact) mass is 345 g/mol. The minimum atomic E-state index is 0. The van der Waals surface area contributed by atoms with Crippen LogP contribution in [0, 0.1) is 5.92 Å². The Bertz CT molecular complexity index is 256. The lowest BCUT2D eigenvalue weighted by atomic mass is 10.1. The summed E-state index contributed by atoms with van der Waals surface area (Å²) < 4.78 is 0. The van der Waals surface area contributed by atoms with Crippen molar-refractivity contribution in [1.82, 2.24) is 9.80 Å². The number of carbonyl (C=O) groups is 1. The van der Waals surface area contributed by atoms with E-state index in [9.17, 15) is 4.79 Å². The number of hydrogen-bond acceptors (Lipinski definition) is 4. The molecule has 2 N–H and O–H groups in total. The number of hydrogen-bond donors (Lipinski definition) is 1. The fourth-order valence-corrected chi connectivity index (χ4v) is 3.12. The Morgan fingerprint density at radius 2 is 2.00 bits per heavy atom. The van der Waals surface area contributed by atoms with Crippen molar-refractivity contribution in [2.75, 3.05) is 50.8 Å². The van der Waals surface area contributed by atoms with Crippen LogP contribution in [-0.4, -0.2) is 66.5 Å². The maximum Gasteiger partial charge on any atom is 0.232 e. The number of halogens is 2. The second kappa shape index (κ2) is 13.0. The van der Waals surface area contributed by atoms with Gasteiger partial charge in [-0.25, -0.2) is 0 Å². The van der Waals surface area contributed by atoms with Gasteiger partial charge in [-0.05, 0) is 32.0 Å². The molecule has 1 saturated heterocycles. The first-order valence-electron chi connectivity index (χ1n) is 6.99. The highest BCUT2D eigenvalue weighted by Crippen LogP contribution is 2.16. The van der Waals surface area contributed by atoms with E-state index in [0.717, 1.165) is 44.9 Å². The van der Waals surface area contributed by atoms with Gasteiger partial charge in [0.05, 0.1) is 5.75 Å². The fourth-order valence-electron chi connectivity index (χ4n) is 2.24. The quantitative estimate of drug-likeness (QED) is 0.680. The number of carbonyl (C=O) groups excluding carboxylic acids is 1. The van der Waals surface area contributed by atoms with Crippen molar-refractivity contribution < 1.29 is 4.79 Å². The molecule has 0 radical (unpaired) electrons. The summed E-state index contributed by atoms with van der Waals surface area (Å²) in [5.74, 6) is 2.48. The first kappa shape index (κ1) is 22.6. The second-order valence-electron chi connectivity index (χ2n) is 4.81. The Morgan fingerprint density at radius 1 is 1.35 bits per heavy atom. The summed E-state index contributed by atoms with van der Waals surface area (Å²) in [6.07, 6.45) is 1.08. The van der Waals surface area contributed by atoms with Gasteiger partial charge in [-0.2, -0.15) is 11.8 Å². The Kier molecular flexibility index (Phi) is 14.7. The van der Waals surface area contributed by atoms with Crippen molar-refractivity contribution in [3.05, 3.63) is 0 Å². The summed E-state index contributed by atoms with van der Waals surface area (Å²) in [5.41, 5.74) is 5.63. The van der Waals surface area contributed by atoms with Crippen molar-refractivity contribution in [1.29, 1.82) is 0 Å². The van der Waals surface area contributed by atoms with E-state index in [4.69, 9.17) is 5.73 Å². The first-order chi connectivity index (χ1) is 8.71. The van der Waals surface area contributed by atoms with Gasteiger partial charge >= 0.3 is 0 Å². The van der Waals surface area contributed by atoms with Gasteiger partial charge in [0.2, 0.25) is 5.91 Å². The van der Waals surface area contributed by atoms with E-state index in [-0.39, 0.29) is 30.7 Å². The Morgan fingerprint density at radius 3 is 2.50 bits per heavy atom. The predicted molar refractivity (Wildman–Crippen MR) is 93.4 cm³/mol. The van der Waals surface area contributed by atoms with Gasteiger partial charge in [-0.15, -0.1) is 24.8 Å². The van der Waals surface area contributed by atoms with E-state index in [1.165, 1.54) is 0 Å². The van der Waals surface area contributed by atoms with Crippen LogP contribution in [0.1, 0.15) is 20.3 Å². The van der Waals surface area contributed by atoms with Gasteiger partial charge < -0.3 is 15.5 Å². The van der Waals surface area contributed by atoms with Crippen molar-refractivity contribution in [2.45, 2.75) is 20.3 Å². The third-order valence-electron chi connectivity index (χ3n) is 3.64. The summed E-state index contributed by atoms with van der Waals surface area (Å²) in [4.78, 5) is 16.3. The molecule has 122 valence electrons. The lowest BCUT2D eigenvalue weighted by Gasteiger charge is -2.18. The molecular formula is C13H29Cl2N3OS. The highest BCUT2D eigenvalue weighted by Gasteiger charge is 2.24. The molecule has 1 aliphatic rings. The molecule has 1 amide bonds. The second-order valence-corrected chi connectivity index (χ2v) is 5.91. The zero-order valence-electron chi connectivity index (χ0n) is 12.5. The van der Waals surface area contributed by atoms with Gasteiger partial charge in [0.25, 0.3) is 0 Å². The Labute approximate surface area is 140 Å². The molecule has 0 saturated carbocycles. The molecule has 0 aliphatic carbocycles. The minimum absolute atomic E-state index is 0. The van der Waals surface area contributed by atoms with E-state index >= 15 is 0 Å². The lowest BCUT2D eigenvalue weighted by molar-refractivity contribution is -0.127. The van der Waals surface area contributed by atoms with E-state index < -0.39 is 0 Å². The van der Waals surface area contributed by atoms with Gasteiger partial charge in [-0.1, -0.05) is 13.8 Å². The van der Waals surface area contributed by atoms with Crippen molar-refractivity contribution >= 4 is 42.5 Å². The average Bonchev–Trinajstić information content (AvgIpc) is 2.87. The third-order valence-corrected chi connectivity index (χ3v) is 4.57. The van der Waals surface area contributed by atoms with Gasteiger partial charge in [0.1, 0.15) is 0 Å². The normalized spacial score (nSPS) is 17.8. The maximum absolute atomic E-state index is 11.9. The van der Waals surface area contributed by atoms with Gasteiger partial charge in [0.15, 0.2) is 0 Å². The van der Waals surface area contributed by atoms with Crippen LogP contribution in [0.4, 0.5) is 0 Å². The van der Waals surface area contributed by atoms with Crippen molar-refractivity contribution in [3.63, 3.8) is 0 Å². The summed E-state index contributed by atoms with van der Waals surface area (Å²) in [7, 11) is 0. The molecular weight excluding hydrogens is 317 g/mol. The van der Waals surface area contributed by atoms with Crippen LogP contribution < -0.4 is 5.73 Å². The van der Waals surface area contributed by atoms with E-state index in [1.54, 1.807) is 11.8 Å². The highest BCUT2D eigenvalue weighted by atomic mass is 35.5. The largest absolute Gasteiger partial charge is 0.342 e. The SMILES string of the molecule is CCN(CC)CCSCC(=O)N1CCC(CN)C1.Cl.Cl. The number of thioether (sulfide) groups is 1. The molecule has 0 aromatic heterocycles. The summed E-state index contributed by atoms with van der Waals surface area (Å²) in [5, 5.41) is 0. The van der Waals surface area contributed by atoms with Crippen LogP contribution in [0.2, 0.25) is 0 Å². The molecule has 1 rings (SSSR count). The van der Waals surface area contributed by atoms with Crippen LogP contribution in [0.5, 0.6) is 0 Å². The van der Waals surface area contributed by atoms with Crippen molar-refractivity contribution in [2.24, 2.45) is 11.7 Å². The number of nitrogens with two attached hydrogens (primary N) is 1. The molecule has 1 heterocycles. The zero-order valence-corrected chi connectivity index (χ0v) is 15.0. The molecule has 1 atom stereocenters. The molecule has 7 heteroatoms. The minimum Gasteiger partial charge on any atom is -0.342 e. The van der Waals surface area contributed by atoms with Crippen LogP contribution in [0.3, 0.4) is 0 Å². The number of rotatable bonds is 8. The fraction of sp³-hybridized carbons (Fsp3) is 0.923. The van der Waals surface area contributed by atoms with E-state index in [1.807, 2.05) is 4.90 Å². The molecule has 0 aromatic rings. The number of amides is 1. The zero-order chi connectivity index (χ0) is 13.4. The third kappa shape index (κ3) is 7.93. The molecule has 0 bridgehead atoms. The molecule has 1 aliphatic heterocycles. The molecule has 0 aromatic carbocycles. The van der Waals surface area contributed by atoms with Crippen LogP contribution >= 0.6 is 36.6 Å². The molecule has 1 unspecified atom stereocenters. The van der Waals surface area contributed by atoms with Crippen LogP contribution in [-0.2, 0) is 4.79 Å². The van der Waals surface area contributed by atoms with Gasteiger partial charge in [0, 0.05) is 25.4 Å². The summed E-state index contributed by atoms with van der Waals surface area (Å²) >= 11 is 1.75. The average molecular weight is 346 g/mol. The van der Waals surface area contributed by atoms with E-state index in [0.29, 0.717) is 18.2 Å². The van der Waals surface area contributed by atoms with Crippen molar-refractivity contribution in [3.8, 4) is 0 Å². The lowest BCUT2D eigenvalue weighted by Crippen LogP contribution is -2.32. The maximum atomic E-state index is 11.9. The Hall–Kier alpha value is 0.320. The smallest absolute Gasteiger partial charge is 0.232 e. The standard InChI is InChI=1S/C13H27N3OS.2ClH/c1-3-15(4-2)7-8-18-11-13(17)16-6-5-12(9-14)10-16;;/h12H,3-11,14H2,1-2H3;2*1H. The van der Waals surface area contributed by atoms with Gasteiger partial charge in [-0.3, -0.25) is 4.79 Å². The predicted octanol–water partition coefficient (Wildman–Crippen LogP) is 1.71. The summed E-state index contributed by atoms with van der Waals surface area (Å²) in [6.45, 7) is 10.1.